The molecule has 0 radical (unpaired) electrons. The van der Waals surface area contributed by atoms with Gasteiger partial charge >= 0.3 is 0 Å². The Bertz CT molecular complexity index is 717. The second-order valence-corrected chi connectivity index (χ2v) is 6.33. The lowest BCUT2D eigenvalue weighted by Crippen LogP contribution is -2.37. The van der Waals surface area contributed by atoms with Crippen LogP contribution in [0.1, 0.15) is 17.3 Å². The lowest BCUT2D eigenvalue weighted by atomic mass is 10.2. The number of carbonyl (C=O) groups is 1. The van der Waals surface area contributed by atoms with Crippen molar-refractivity contribution < 1.29 is 4.79 Å². The highest BCUT2D eigenvalue weighted by Gasteiger charge is 2.43. The largest absolute Gasteiger partial charge is 0.276 e. The number of benzene rings is 2. The third kappa shape index (κ3) is 2.43. The highest BCUT2D eigenvalue weighted by Crippen LogP contribution is 2.38. The molecule has 22 heavy (non-hydrogen) atoms. The van der Waals surface area contributed by atoms with Gasteiger partial charge in [0, 0.05) is 0 Å². The Morgan fingerprint density at radius 3 is 2.36 bits per heavy atom. The smallest absolute Gasteiger partial charge is 0.267 e. The van der Waals surface area contributed by atoms with Crippen LogP contribution in [0.25, 0.3) is 6.08 Å². The van der Waals surface area contributed by atoms with Crippen molar-refractivity contribution in [3.63, 3.8) is 0 Å². The predicted molar refractivity (Wildman–Crippen MR) is 88.1 cm³/mol. The molecule has 4 rings (SSSR count). The molecule has 2 aromatic rings. The number of thioether (sulfide) groups is 1. The predicted octanol–water partition coefficient (Wildman–Crippen LogP) is 2.69. The molecule has 2 aliphatic rings. The van der Waals surface area contributed by atoms with Crippen LogP contribution in [0.2, 0.25) is 0 Å². The first-order valence-electron chi connectivity index (χ1n) is 7.15. The number of hydrogen-bond donors (Lipinski definition) is 2. The third-order valence-electron chi connectivity index (χ3n) is 3.71. The van der Waals surface area contributed by atoms with Gasteiger partial charge in [0.15, 0.2) is 5.50 Å². The summed E-state index contributed by atoms with van der Waals surface area (Å²) in [6.45, 7) is 0. The van der Waals surface area contributed by atoms with Gasteiger partial charge < -0.3 is 0 Å². The molecule has 2 N–H and O–H groups in total. The first-order valence-corrected chi connectivity index (χ1v) is 8.03. The maximum absolute atomic E-state index is 12.5. The van der Waals surface area contributed by atoms with Crippen LogP contribution >= 0.6 is 11.8 Å². The molecule has 2 unspecified atom stereocenters. The average molecular weight is 309 g/mol. The summed E-state index contributed by atoms with van der Waals surface area (Å²) in [5.41, 5.74) is 5.35. The zero-order chi connectivity index (χ0) is 14.9. The molecule has 0 spiro atoms. The number of hydrazine groups is 1. The third-order valence-corrected chi connectivity index (χ3v) is 4.83. The summed E-state index contributed by atoms with van der Waals surface area (Å²) in [5, 5.41) is 5.11. The van der Waals surface area contributed by atoms with E-state index in [0.29, 0.717) is 0 Å². The first-order chi connectivity index (χ1) is 10.8. The molecule has 0 bridgehead atoms. The van der Waals surface area contributed by atoms with Crippen LogP contribution in [0.15, 0.2) is 65.6 Å². The Labute approximate surface area is 133 Å². The Balaban J connectivity index is 1.52. The van der Waals surface area contributed by atoms with Crippen molar-refractivity contribution >= 4 is 23.7 Å². The highest BCUT2D eigenvalue weighted by molar-refractivity contribution is 8.05. The number of nitrogens with zero attached hydrogens (tertiary/aromatic N) is 1. The van der Waals surface area contributed by atoms with Gasteiger partial charge in [-0.25, -0.2) is 10.4 Å². The fourth-order valence-corrected chi connectivity index (χ4v) is 3.72. The van der Waals surface area contributed by atoms with Gasteiger partial charge in [0.2, 0.25) is 0 Å². The minimum atomic E-state index is -0.0623. The summed E-state index contributed by atoms with van der Waals surface area (Å²) >= 11 is 1.55. The lowest BCUT2D eigenvalue weighted by Gasteiger charge is -2.14. The second kappa shape index (κ2) is 5.61. The number of amides is 1. The van der Waals surface area contributed by atoms with Gasteiger partial charge in [-0.3, -0.25) is 10.1 Å². The minimum Gasteiger partial charge on any atom is -0.267 e. The standard InChI is InChI=1S/C17H15N3OS/c21-16-14(11-12-7-3-1-4-8-12)22-17-18-15(19-20(16)17)13-9-5-2-6-10-13/h1-11,15,17-19H/b14-11+. The molecule has 2 aliphatic heterocycles. The van der Waals surface area contributed by atoms with E-state index >= 15 is 0 Å². The quantitative estimate of drug-likeness (QED) is 0.837. The van der Waals surface area contributed by atoms with Crippen LogP contribution in [0.5, 0.6) is 0 Å². The van der Waals surface area contributed by atoms with Gasteiger partial charge in [-0.15, -0.1) is 0 Å². The van der Waals surface area contributed by atoms with Gasteiger partial charge in [0.25, 0.3) is 5.91 Å². The fraction of sp³-hybridized carbons (Fsp3) is 0.118. The molecule has 5 heteroatoms. The Morgan fingerprint density at radius 1 is 1.00 bits per heavy atom. The molecule has 4 nitrogen and oxygen atoms in total. The van der Waals surface area contributed by atoms with E-state index in [-0.39, 0.29) is 17.6 Å². The van der Waals surface area contributed by atoms with Crippen LogP contribution in [0.3, 0.4) is 0 Å². The van der Waals surface area contributed by atoms with Crippen molar-refractivity contribution in [2.75, 3.05) is 0 Å². The Hall–Kier alpha value is -2.08. The van der Waals surface area contributed by atoms with Crippen molar-refractivity contribution in [3.05, 3.63) is 76.7 Å². The number of rotatable bonds is 2. The highest BCUT2D eigenvalue weighted by atomic mass is 32.2. The molecule has 110 valence electrons. The molecule has 2 atom stereocenters. The number of fused-ring (bicyclic) bond motifs is 1. The topological polar surface area (TPSA) is 44.4 Å². The van der Waals surface area contributed by atoms with Gasteiger partial charge in [0.1, 0.15) is 6.17 Å². The average Bonchev–Trinajstić information content (AvgIpc) is 3.10. The van der Waals surface area contributed by atoms with Crippen molar-refractivity contribution in [2.24, 2.45) is 0 Å². The number of hydrogen-bond acceptors (Lipinski definition) is 4. The van der Waals surface area contributed by atoms with Gasteiger partial charge in [-0.1, -0.05) is 72.4 Å². The van der Waals surface area contributed by atoms with E-state index in [0.717, 1.165) is 16.0 Å². The van der Waals surface area contributed by atoms with Gasteiger partial charge in [-0.05, 0) is 17.2 Å². The molecule has 0 saturated carbocycles. The SMILES string of the molecule is O=C1/C(=C\c2ccccc2)SC2NC(c3ccccc3)NN12. The summed E-state index contributed by atoms with van der Waals surface area (Å²) in [5.74, 6) is 0.0183. The summed E-state index contributed by atoms with van der Waals surface area (Å²) in [6, 6.07) is 20.0. The van der Waals surface area contributed by atoms with Crippen molar-refractivity contribution in [1.82, 2.24) is 15.8 Å². The van der Waals surface area contributed by atoms with Crippen molar-refractivity contribution in [3.8, 4) is 0 Å². The Kier molecular flexibility index (Phi) is 3.46. The van der Waals surface area contributed by atoms with Crippen molar-refractivity contribution in [1.29, 1.82) is 0 Å². The summed E-state index contributed by atoms with van der Waals surface area (Å²) in [7, 11) is 0. The molecular formula is C17H15N3OS. The lowest BCUT2D eigenvalue weighted by molar-refractivity contribution is -0.127. The van der Waals surface area contributed by atoms with E-state index < -0.39 is 0 Å². The molecule has 0 aliphatic carbocycles. The second-order valence-electron chi connectivity index (χ2n) is 5.20. The number of nitrogens with one attached hydrogen (secondary N) is 2. The maximum atomic E-state index is 12.5. The molecule has 0 aromatic heterocycles. The van der Waals surface area contributed by atoms with E-state index in [1.165, 1.54) is 0 Å². The molecular weight excluding hydrogens is 294 g/mol. The molecule has 1 amide bonds. The van der Waals surface area contributed by atoms with E-state index in [2.05, 4.69) is 10.7 Å². The van der Waals surface area contributed by atoms with Crippen LogP contribution < -0.4 is 10.7 Å². The minimum absolute atomic E-state index is 0.0183. The fourth-order valence-electron chi connectivity index (χ4n) is 2.62. The summed E-state index contributed by atoms with van der Waals surface area (Å²) < 4.78 is 0. The molecule has 2 heterocycles. The van der Waals surface area contributed by atoms with E-state index in [1.807, 2.05) is 66.7 Å². The summed E-state index contributed by atoms with van der Waals surface area (Å²) in [6.07, 6.45) is 1.91. The van der Waals surface area contributed by atoms with Crippen LogP contribution in [0.4, 0.5) is 0 Å². The van der Waals surface area contributed by atoms with Crippen LogP contribution in [0, 0.1) is 0 Å². The Morgan fingerprint density at radius 2 is 1.68 bits per heavy atom. The summed E-state index contributed by atoms with van der Waals surface area (Å²) in [4.78, 5) is 13.3. The molecule has 2 saturated heterocycles. The van der Waals surface area contributed by atoms with E-state index in [4.69, 9.17) is 0 Å². The van der Waals surface area contributed by atoms with Gasteiger partial charge in [-0.2, -0.15) is 0 Å². The van der Waals surface area contributed by atoms with E-state index in [1.54, 1.807) is 16.8 Å². The van der Waals surface area contributed by atoms with Crippen LogP contribution in [-0.2, 0) is 4.79 Å². The van der Waals surface area contributed by atoms with Gasteiger partial charge in [0.05, 0.1) is 4.91 Å². The monoisotopic (exact) mass is 309 g/mol. The normalized spacial score (nSPS) is 25.7. The number of carbonyl (C=O) groups excluding carboxylic acids is 1. The maximum Gasteiger partial charge on any atom is 0.276 e. The van der Waals surface area contributed by atoms with Crippen LogP contribution in [-0.4, -0.2) is 16.4 Å². The molecule has 2 fully saturated rings. The van der Waals surface area contributed by atoms with E-state index in [9.17, 15) is 4.79 Å². The zero-order valence-electron chi connectivity index (χ0n) is 11.8. The molecule has 2 aromatic carbocycles. The zero-order valence-corrected chi connectivity index (χ0v) is 12.6. The first kappa shape index (κ1) is 13.6. The van der Waals surface area contributed by atoms with Crippen molar-refractivity contribution in [2.45, 2.75) is 11.7 Å².